The Morgan fingerprint density at radius 1 is 1.56 bits per heavy atom. The van der Waals surface area contributed by atoms with Gasteiger partial charge in [0.25, 0.3) is 0 Å². The smallest absolute Gasteiger partial charge is 0.0692 e. The van der Waals surface area contributed by atoms with Crippen LogP contribution in [0, 0.1) is 5.92 Å². The zero-order valence-corrected chi connectivity index (χ0v) is 6.17. The fourth-order valence-corrected chi connectivity index (χ4v) is 1.21. The zero-order chi connectivity index (χ0) is 6.85. The van der Waals surface area contributed by atoms with Crippen molar-refractivity contribution in [2.75, 3.05) is 20.1 Å². The highest BCUT2D eigenvalue weighted by Crippen LogP contribution is 2.14. The topological polar surface area (TPSA) is 23.5 Å². The summed E-state index contributed by atoms with van der Waals surface area (Å²) in [6, 6.07) is 0. The van der Waals surface area contributed by atoms with Gasteiger partial charge in [0.05, 0.1) is 6.10 Å². The maximum atomic E-state index is 9.31. The average molecular weight is 129 g/mol. The lowest BCUT2D eigenvalue weighted by molar-refractivity contribution is 0.0404. The predicted octanol–water partition coefficient (Wildman–Crippen LogP) is 0.319. The molecule has 0 aliphatic carbocycles. The fourth-order valence-electron chi connectivity index (χ4n) is 1.21. The molecule has 0 spiro atoms. The van der Waals surface area contributed by atoms with E-state index in [1.165, 1.54) is 0 Å². The molecule has 1 heterocycles. The summed E-state index contributed by atoms with van der Waals surface area (Å²) in [5, 5.41) is 9.31. The third-order valence-corrected chi connectivity index (χ3v) is 2.12. The van der Waals surface area contributed by atoms with Crippen LogP contribution in [0.2, 0.25) is 0 Å². The summed E-state index contributed by atoms with van der Waals surface area (Å²) in [6.07, 6.45) is 1.04. The highest BCUT2D eigenvalue weighted by atomic mass is 16.3. The number of hydrogen-bond donors (Lipinski definition) is 1. The van der Waals surface area contributed by atoms with E-state index in [-0.39, 0.29) is 6.10 Å². The van der Waals surface area contributed by atoms with E-state index in [0.717, 1.165) is 19.5 Å². The molecule has 2 atom stereocenters. The maximum absolute atomic E-state index is 9.31. The molecule has 0 unspecified atom stereocenters. The second-order valence-electron chi connectivity index (χ2n) is 3.10. The first-order chi connectivity index (χ1) is 4.20. The molecule has 1 fully saturated rings. The zero-order valence-electron chi connectivity index (χ0n) is 6.17. The van der Waals surface area contributed by atoms with E-state index in [2.05, 4.69) is 18.9 Å². The highest BCUT2D eigenvalue weighted by molar-refractivity contribution is 4.74. The number of likely N-dealkylation sites (N-methyl/N-ethyl adjacent to an activating group) is 1. The van der Waals surface area contributed by atoms with Crippen molar-refractivity contribution in [3.8, 4) is 0 Å². The summed E-state index contributed by atoms with van der Waals surface area (Å²) in [6.45, 7) is 4.09. The van der Waals surface area contributed by atoms with Crippen LogP contribution in [0.15, 0.2) is 0 Å². The number of likely N-dealkylation sites (tertiary alicyclic amines) is 1. The van der Waals surface area contributed by atoms with E-state index >= 15 is 0 Å². The SMILES string of the molecule is C[C@H]1CCN(C)C[C@@H]1O. The van der Waals surface area contributed by atoms with Crippen LogP contribution in [0.5, 0.6) is 0 Å². The van der Waals surface area contributed by atoms with Crippen LogP contribution in [0.1, 0.15) is 13.3 Å². The van der Waals surface area contributed by atoms with Crippen molar-refractivity contribution in [2.45, 2.75) is 19.4 Å². The molecule has 0 radical (unpaired) electrons. The molecule has 1 aliphatic heterocycles. The minimum atomic E-state index is -0.0938. The van der Waals surface area contributed by atoms with Crippen molar-refractivity contribution in [1.29, 1.82) is 0 Å². The van der Waals surface area contributed by atoms with Crippen molar-refractivity contribution in [3.63, 3.8) is 0 Å². The van der Waals surface area contributed by atoms with E-state index in [0.29, 0.717) is 5.92 Å². The van der Waals surface area contributed by atoms with Crippen LogP contribution in [-0.2, 0) is 0 Å². The number of aliphatic hydroxyl groups excluding tert-OH is 1. The minimum absolute atomic E-state index is 0.0938. The average Bonchev–Trinajstić information content (AvgIpc) is 1.80. The van der Waals surface area contributed by atoms with Gasteiger partial charge in [0.2, 0.25) is 0 Å². The van der Waals surface area contributed by atoms with E-state index in [4.69, 9.17) is 0 Å². The molecule has 1 saturated heterocycles. The van der Waals surface area contributed by atoms with Crippen molar-refractivity contribution >= 4 is 0 Å². The Bertz CT molecular complexity index is 94.9. The van der Waals surface area contributed by atoms with Gasteiger partial charge in [-0.05, 0) is 25.9 Å². The third-order valence-electron chi connectivity index (χ3n) is 2.12. The predicted molar refractivity (Wildman–Crippen MR) is 37.3 cm³/mol. The van der Waals surface area contributed by atoms with Crippen molar-refractivity contribution < 1.29 is 5.11 Å². The molecule has 0 saturated carbocycles. The molecule has 0 bridgehead atoms. The molecular weight excluding hydrogens is 114 g/mol. The number of piperidine rings is 1. The molecule has 0 aromatic heterocycles. The molecule has 2 heteroatoms. The Balaban J connectivity index is 2.35. The minimum Gasteiger partial charge on any atom is -0.392 e. The summed E-state index contributed by atoms with van der Waals surface area (Å²) in [4.78, 5) is 2.17. The molecule has 1 N–H and O–H groups in total. The number of β-amino-alcohol motifs (C(OH)–C–C–N with tert-alkyl or cyclic N) is 1. The van der Waals surface area contributed by atoms with Gasteiger partial charge in [-0.25, -0.2) is 0 Å². The Labute approximate surface area is 56.5 Å². The Morgan fingerprint density at radius 3 is 2.67 bits per heavy atom. The normalized spacial score (nSPS) is 39.0. The maximum Gasteiger partial charge on any atom is 0.0692 e. The van der Waals surface area contributed by atoms with Crippen LogP contribution >= 0.6 is 0 Å². The first kappa shape index (κ1) is 7.03. The molecule has 9 heavy (non-hydrogen) atoms. The van der Waals surface area contributed by atoms with Crippen molar-refractivity contribution in [1.82, 2.24) is 4.90 Å². The second-order valence-corrected chi connectivity index (χ2v) is 3.10. The van der Waals surface area contributed by atoms with E-state index in [1.807, 2.05) is 0 Å². The summed E-state index contributed by atoms with van der Waals surface area (Å²) in [5.41, 5.74) is 0. The Hall–Kier alpha value is -0.0800. The van der Waals surface area contributed by atoms with E-state index in [1.54, 1.807) is 0 Å². The lowest BCUT2D eigenvalue weighted by Crippen LogP contribution is -2.40. The first-order valence-electron chi connectivity index (χ1n) is 3.57. The first-order valence-corrected chi connectivity index (χ1v) is 3.57. The molecular formula is C7H15NO. The quantitative estimate of drug-likeness (QED) is 0.509. The van der Waals surface area contributed by atoms with Crippen LogP contribution in [0.3, 0.4) is 0 Å². The summed E-state index contributed by atoms with van der Waals surface area (Å²) < 4.78 is 0. The van der Waals surface area contributed by atoms with Gasteiger partial charge in [0.15, 0.2) is 0 Å². The van der Waals surface area contributed by atoms with Gasteiger partial charge < -0.3 is 10.0 Å². The molecule has 1 rings (SSSR count). The number of aliphatic hydroxyl groups is 1. The number of nitrogens with zero attached hydrogens (tertiary/aromatic N) is 1. The van der Waals surface area contributed by atoms with E-state index in [9.17, 15) is 5.11 Å². The fraction of sp³-hybridized carbons (Fsp3) is 1.00. The van der Waals surface area contributed by atoms with Crippen molar-refractivity contribution in [3.05, 3.63) is 0 Å². The highest BCUT2D eigenvalue weighted by Gasteiger charge is 2.21. The summed E-state index contributed by atoms with van der Waals surface area (Å²) in [5.74, 6) is 0.501. The van der Waals surface area contributed by atoms with Gasteiger partial charge >= 0.3 is 0 Å². The monoisotopic (exact) mass is 129 g/mol. The molecule has 1 aliphatic rings. The molecule has 2 nitrogen and oxygen atoms in total. The lowest BCUT2D eigenvalue weighted by atomic mass is 9.97. The number of rotatable bonds is 0. The van der Waals surface area contributed by atoms with E-state index < -0.39 is 0 Å². The van der Waals surface area contributed by atoms with Crippen LogP contribution < -0.4 is 0 Å². The second kappa shape index (κ2) is 2.67. The summed E-state index contributed by atoms with van der Waals surface area (Å²) >= 11 is 0. The van der Waals surface area contributed by atoms with Gasteiger partial charge in [-0.3, -0.25) is 0 Å². The molecule has 0 aromatic rings. The standard InChI is InChI=1S/C7H15NO/c1-6-3-4-8(2)5-7(6)9/h6-7,9H,3-5H2,1-2H3/t6-,7-/m0/s1. The molecule has 0 aromatic carbocycles. The van der Waals surface area contributed by atoms with Gasteiger partial charge in [-0.1, -0.05) is 6.92 Å². The largest absolute Gasteiger partial charge is 0.392 e. The number of hydrogen-bond acceptors (Lipinski definition) is 2. The van der Waals surface area contributed by atoms with Gasteiger partial charge in [-0.2, -0.15) is 0 Å². The Morgan fingerprint density at radius 2 is 2.22 bits per heavy atom. The van der Waals surface area contributed by atoms with Crippen LogP contribution in [0.25, 0.3) is 0 Å². The van der Waals surface area contributed by atoms with Crippen molar-refractivity contribution in [2.24, 2.45) is 5.92 Å². The van der Waals surface area contributed by atoms with Crippen LogP contribution in [-0.4, -0.2) is 36.2 Å². The molecule has 54 valence electrons. The summed E-state index contributed by atoms with van der Waals surface area (Å²) in [7, 11) is 2.05. The van der Waals surface area contributed by atoms with Gasteiger partial charge in [0, 0.05) is 6.54 Å². The van der Waals surface area contributed by atoms with Gasteiger partial charge in [-0.15, -0.1) is 0 Å². The molecule has 0 amide bonds. The Kier molecular flexibility index (Phi) is 2.09. The van der Waals surface area contributed by atoms with Crippen LogP contribution in [0.4, 0.5) is 0 Å². The van der Waals surface area contributed by atoms with Gasteiger partial charge in [0.1, 0.15) is 0 Å². The lowest BCUT2D eigenvalue weighted by Gasteiger charge is -2.31. The third kappa shape index (κ3) is 1.66.